The van der Waals surface area contributed by atoms with Crippen LogP contribution < -0.4 is 5.56 Å². The van der Waals surface area contributed by atoms with Crippen LogP contribution >= 0.6 is 11.6 Å². The molecule has 0 saturated carbocycles. The van der Waals surface area contributed by atoms with E-state index in [1.807, 2.05) is 43.0 Å². The molecule has 152 valence electrons. The third-order valence-electron chi connectivity index (χ3n) is 5.30. The Morgan fingerprint density at radius 3 is 2.66 bits per heavy atom. The van der Waals surface area contributed by atoms with Gasteiger partial charge in [-0.3, -0.25) is 14.2 Å². The highest BCUT2D eigenvalue weighted by molar-refractivity contribution is 6.31. The van der Waals surface area contributed by atoms with Gasteiger partial charge in [0.1, 0.15) is 5.82 Å². The molecule has 3 aromatic rings. The van der Waals surface area contributed by atoms with Crippen molar-refractivity contribution < 1.29 is 4.79 Å². The van der Waals surface area contributed by atoms with E-state index in [9.17, 15) is 9.59 Å². The van der Waals surface area contributed by atoms with Gasteiger partial charge in [0.15, 0.2) is 0 Å². The number of unbranched alkanes of at least 4 members (excludes halogenated alkanes) is 1. The minimum Gasteiger partial charge on any atom is -0.329 e. The number of hydrogen-bond acceptors (Lipinski definition) is 3. The van der Waals surface area contributed by atoms with Crippen LogP contribution in [0.4, 0.5) is 0 Å². The van der Waals surface area contributed by atoms with Crippen LogP contribution in [0.1, 0.15) is 54.5 Å². The Morgan fingerprint density at radius 1 is 1.24 bits per heavy atom. The van der Waals surface area contributed by atoms with Crippen molar-refractivity contribution in [1.29, 1.82) is 0 Å². The topological polar surface area (TPSA) is 55.2 Å². The first kappa shape index (κ1) is 21.1. The summed E-state index contributed by atoms with van der Waals surface area (Å²) in [6.07, 6.45) is 1.84. The van der Waals surface area contributed by atoms with E-state index in [-0.39, 0.29) is 17.5 Å². The standard InChI is InChI=1S/C23H26ClN3O2/c1-5-6-13-27(23(29)18-10-8-7-9-15(18)2)16(3)21-25-20-12-11-17(24)14-19(20)22(28)26(21)4/h7-12,14,16H,5-6,13H2,1-4H3. The lowest BCUT2D eigenvalue weighted by Crippen LogP contribution is -2.38. The van der Waals surface area contributed by atoms with Gasteiger partial charge in [0.05, 0.1) is 16.9 Å². The Hall–Kier alpha value is -2.66. The molecule has 0 bridgehead atoms. The maximum atomic E-state index is 13.4. The molecule has 0 N–H and O–H groups in total. The lowest BCUT2D eigenvalue weighted by Gasteiger charge is -2.30. The highest BCUT2D eigenvalue weighted by atomic mass is 35.5. The van der Waals surface area contributed by atoms with Crippen LogP contribution in [0.25, 0.3) is 10.9 Å². The Kier molecular flexibility index (Phi) is 6.38. The quantitative estimate of drug-likeness (QED) is 0.579. The number of aromatic nitrogens is 2. The van der Waals surface area contributed by atoms with E-state index in [2.05, 4.69) is 6.92 Å². The average molecular weight is 412 g/mol. The summed E-state index contributed by atoms with van der Waals surface area (Å²) >= 11 is 6.05. The van der Waals surface area contributed by atoms with Crippen molar-refractivity contribution in [3.05, 3.63) is 74.8 Å². The molecule has 0 aliphatic rings. The van der Waals surface area contributed by atoms with Crippen molar-refractivity contribution in [2.45, 2.75) is 39.7 Å². The summed E-state index contributed by atoms with van der Waals surface area (Å²) in [5.41, 5.74) is 2.02. The van der Waals surface area contributed by atoms with Crippen molar-refractivity contribution in [2.24, 2.45) is 7.05 Å². The van der Waals surface area contributed by atoms with Crippen LogP contribution in [0.5, 0.6) is 0 Å². The van der Waals surface area contributed by atoms with Crippen LogP contribution in [-0.4, -0.2) is 26.9 Å². The predicted molar refractivity (Wildman–Crippen MR) is 118 cm³/mol. The molecule has 3 rings (SSSR count). The van der Waals surface area contributed by atoms with Crippen LogP contribution in [0.3, 0.4) is 0 Å². The Balaban J connectivity index is 2.08. The highest BCUT2D eigenvalue weighted by Gasteiger charge is 2.26. The third-order valence-corrected chi connectivity index (χ3v) is 5.54. The lowest BCUT2D eigenvalue weighted by molar-refractivity contribution is 0.0676. The number of carbonyl (C=O) groups excluding carboxylic acids is 1. The van der Waals surface area contributed by atoms with Crippen LogP contribution in [-0.2, 0) is 7.05 Å². The van der Waals surface area contributed by atoms with Crippen LogP contribution in [0, 0.1) is 6.92 Å². The molecule has 0 aliphatic heterocycles. The largest absolute Gasteiger partial charge is 0.329 e. The number of fused-ring (bicyclic) bond motifs is 1. The number of aryl methyl sites for hydroxylation is 1. The summed E-state index contributed by atoms with van der Waals surface area (Å²) in [5.74, 6) is 0.511. The minimum absolute atomic E-state index is 0.0468. The summed E-state index contributed by atoms with van der Waals surface area (Å²) in [6.45, 7) is 6.55. The number of carbonyl (C=O) groups is 1. The summed E-state index contributed by atoms with van der Waals surface area (Å²) in [7, 11) is 1.69. The second kappa shape index (κ2) is 8.78. The Morgan fingerprint density at radius 2 is 1.97 bits per heavy atom. The normalized spacial score (nSPS) is 12.2. The van der Waals surface area contributed by atoms with E-state index in [1.165, 1.54) is 4.57 Å². The lowest BCUT2D eigenvalue weighted by atomic mass is 10.1. The second-order valence-electron chi connectivity index (χ2n) is 7.34. The van der Waals surface area contributed by atoms with Gasteiger partial charge >= 0.3 is 0 Å². The smallest absolute Gasteiger partial charge is 0.261 e. The molecule has 0 spiro atoms. The average Bonchev–Trinajstić information content (AvgIpc) is 2.71. The van der Waals surface area contributed by atoms with Crippen LogP contribution in [0.15, 0.2) is 47.3 Å². The van der Waals surface area contributed by atoms with Crippen molar-refractivity contribution in [3.8, 4) is 0 Å². The fourth-order valence-corrected chi connectivity index (χ4v) is 3.71. The van der Waals surface area contributed by atoms with Gasteiger partial charge in [-0.25, -0.2) is 4.98 Å². The van der Waals surface area contributed by atoms with E-state index < -0.39 is 0 Å². The predicted octanol–water partition coefficient (Wildman–Crippen LogP) is 4.90. The van der Waals surface area contributed by atoms with Gasteiger partial charge in [0.25, 0.3) is 11.5 Å². The zero-order valence-electron chi connectivity index (χ0n) is 17.3. The first-order chi connectivity index (χ1) is 13.8. The van der Waals surface area contributed by atoms with Gasteiger partial charge in [0, 0.05) is 24.2 Å². The summed E-state index contributed by atoms with van der Waals surface area (Å²) in [6, 6.07) is 12.3. The van der Waals surface area contributed by atoms with Gasteiger partial charge in [-0.05, 0) is 50.1 Å². The van der Waals surface area contributed by atoms with E-state index in [0.29, 0.717) is 33.9 Å². The van der Waals surface area contributed by atoms with Crippen molar-refractivity contribution >= 4 is 28.4 Å². The molecular weight excluding hydrogens is 386 g/mol. The maximum Gasteiger partial charge on any atom is 0.261 e. The molecule has 1 unspecified atom stereocenters. The second-order valence-corrected chi connectivity index (χ2v) is 7.78. The van der Waals surface area contributed by atoms with Gasteiger partial charge in [-0.15, -0.1) is 0 Å². The summed E-state index contributed by atoms with van der Waals surface area (Å²) in [4.78, 5) is 32.8. The summed E-state index contributed by atoms with van der Waals surface area (Å²) in [5, 5.41) is 0.970. The molecule has 1 heterocycles. The molecule has 0 saturated heterocycles. The van der Waals surface area contributed by atoms with Crippen molar-refractivity contribution in [1.82, 2.24) is 14.5 Å². The molecule has 2 aromatic carbocycles. The SMILES string of the molecule is CCCCN(C(=O)c1ccccc1C)C(C)c1nc2ccc(Cl)cc2c(=O)n1C. The number of benzene rings is 2. The zero-order chi connectivity index (χ0) is 21.1. The molecule has 1 atom stereocenters. The summed E-state index contributed by atoms with van der Waals surface area (Å²) < 4.78 is 1.52. The number of rotatable bonds is 6. The maximum absolute atomic E-state index is 13.4. The van der Waals surface area contributed by atoms with Gasteiger partial charge < -0.3 is 4.90 Å². The number of halogens is 1. The third kappa shape index (κ3) is 4.20. The molecule has 0 aliphatic carbocycles. The van der Waals surface area contributed by atoms with Crippen LogP contribution in [0.2, 0.25) is 5.02 Å². The molecule has 5 nitrogen and oxygen atoms in total. The molecule has 29 heavy (non-hydrogen) atoms. The molecule has 6 heteroatoms. The Bertz CT molecular complexity index is 1110. The van der Waals surface area contributed by atoms with Crippen molar-refractivity contribution in [3.63, 3.8) is 0 Å². The monoisotopic (exact) mass is 411 g/mol. The van der Waals surface area contributed by atoms with Gasteiger partial charge in [-0.2, -0.15) is 0 Å². The first-order valence-corrected chi connectivity index (χ1v) is 10.3. The molecular formula is C23H26ClN3O2. The first-order valence-electron chi connectivity index (χ1n) is 9.88. The fraction of sp³-hybridized carbons (Fsp3) is 0.348. The van der Waals surface area contributed by atoms with Crippen molar-refractivity contribution in [2.75, 3.05) is 6.54 Å². The number of nitrogens with zero attached hydrogens (tertiary/aromatic N) is 3. The van der Waals surface area contributed by atoms with E-state index in [0.717, 1.165) is 18.4 Å². The Labute approximate surface area is 175 Å². The van der Waals surface area contributed by atoms with Gasteiger partial charge in [0.2, 0.25) is 0 Å². The molecule has 1 amide bonds. The molecule has 0 radical (unpaired) electrons. The molecule has 1 aromatic heterocycles. The number of hydrogen-bond donors (Lipinski definition) is 0. The van der Waals surface area contributed by atoms with E-state index >= 15 is 0 Å². The van der Waals surface area contributed by atoms with Gasteiger partial charge in [-0.1, -0.05) is 43.1 Å². The number of amides is 1. The van der Waals surface area contributed by atoms with E-state index in [1.54, 1.807) is 25.2 Å². The fourth-order valence-electron chi connectivity index (χ4n) is 3.54. The zero-order valence-corrected chi connectivity index (χ0v) is 18.0. The minimum atomic E-state index is -0.355. The molecule has 0 fully saturated rings. The van der Waals surface area contributed by atoms with E-state index in [4.69, 9.17) is 16.6 Å². The highest BCUT2D eigenvalue weighted by Crippen LogP contribution is 2.24.